The number of ether oxygens (including phenoxy) is 2. The molecule has 0 radical (unpaired) electrons. The molecule has 1 saturated heterocycles. The molecule has 1 aromatic rings. The molecule has 13 heteroatoms. The van der Waals surface area contributed by atoms with Gasteiger partial charge in [0.25, 0.3) is 5.56 Å². The lowest BCUT2D eigenvalue weighted by Crippen LogP contribution is -2.33. The van der Waals surface area contributed by atoms with Crippen LogP contribution in [-0.2, 0) is 18.6 Å². The highest BCUT2D eigenvalue weighted by Crippen LogP contribution is 2.33. The summed E-state index contributed by atoms with van der Waals surface area (Å²) in [5.74, 6) is 0. The highest BCUT2D eigenvalue weighted by atomic mass is 31.1. The number of nitrogens with one attached hydrogen (secondary N) is 1. The maximum atomic E-state index is 12.3. The number of nitrogens with zero attached hydrogens (tertiary/aromatic N) is 4. The second-order valence-corrected chi connectivity index (χ2v) is 12.9. The fourth-order valence-corrected chi connectivity index (χ4v) is 6.02. The number of carbonyl (C=O) groups excluding carboxylic acids is 1. The second-order valence-electron chi connectivity index (χ2n) is 11.8. The number of carbonyl (C=O) groups is 1. The summed E-state index contributed by atoms with van der Waals surface area (Å²) in [4.78, 5) is 41.0. The first-order valence-corrected chi connectivity index (χ1v) is 17.8. The average molecular weight is 639 g/mol. The summed E-state index contributed by atoms with van der Waals surface area (Å²) in [5, 5.41) is 3.68. The van der Waals surface area contributed by atoms with Crippen LogP contribution >= 0.6 is 8.03 Å². The van der Waals surface area contributed by atoms with E-state index in [2.05, 4.69) is 21.9 Å². The summed E-state index contributed by atoms with van der Waals surface area (Å²) >= 11 is 0. The molecule has 1 aliphatic heterocycles. The third-order valence-electron chi connectivity index (χ3n) is 8.09. The van der Waals surface area contributed by atoms with Crippen molar-refractivity contribution in [2.24, 2.45) is 5.11 Å². The Morgan fingerprint density at radius 1 is 0.977 bits per heavy atom. The minimum Gasteiger partial charge on any atom is -0.425 e. The lowest BCUT2D eigenvalue weighted by Gasteiger charge is -2.14. The number of aromatic amines is 1. The van der Waals surface area contributed by atoms with Crippen LogP contribution in [0.2, 0.25) is 0 Å². The van der Waals surface area contributed by atoms with E-state index >= 15 is 0 Å². The lowest BCUT2D eigenvalue weighted by molar-refractivity contribution is -0.0212. The number of hydrogen-bond donors (Lipinski definition) is 1. The minimum atomic E-state index is -2.76. The molecular weight excluding hydrogens is 585 g/mol. The molecule has 1 aliphatic rings. The maximum Gasteiger partial charge on any atom is 0.636 e. The van der Waals surface area contributed by atoms with Gasteiger partial charge in [-0.15, -0.1) is 4.52 Å². The molecular formula is C31H53N5O7P+. The molecule has 248 valence electrons. The Morgan fingerprint density at radius 2 is 1.50 bits per heavy atom. The van der Waals surface area contributed by atoms with Crippen LogP contribution in [0.15, 0.2) is 20.9 Å². The van der Waals surface area contributed by atoms with Crippen molar-refractivity contribution in [2.75, 3.05) is 13.2 Å². The molecule has 2 rings (SSSR count). The van der Waals surface area contributed by atoms with Gasteiger partial charge in [-0.2, -0.15) is 4.79 Å². The van der Waals surface area contributed by atoms with Gasteiger partial charge in [0.1, 0.15) is 12.8 Å². The van der Waals surface area contributed by atoms with Gasteiger partial charge >= 0.3 is 19.4 Å². The van der Waals surface area contributed by atoms with Crippen LogP contribution in [0.5, 0.6) is 0 Å². The monoisotopic (exact) mass is 638 g/mol. The zero-order valence-electron chi connectivity index (χ0n) is 26.8. The van der Waals surface area contributed by atoms with Crippen LogP contribution in [0.25, 0.3) is 10.4 Å². The summed E-state index contributed by atoms with van der Waals surface area (Å²) in [5.41, 5.74) is 7.11. The molecule has 0 amide bonds. The van der Waals surface area contributed by atoms with Crippen molar-refractivity contribution in [1.82, 2.24) is 9.55 Å². The lowest BCUT2D eigenvalue weighted by atomic mass is 10.0. The third-order valence-corrected chi connectivity index (χ3v) is 8.90. The van der Waals surface area contributed by atoms with E-state index in [1.165, 1.54) is 107 Å². The van der Waals surface area contributed by atoms with Gasteiger partial charge in [0, 0.05) is 23.1 Å². The van der Waals surface area contributed by atoms with Gasteiger partial charge < -0.3 is 9.47 Å². The predicted molar refractivity (Wildman–Crippen MR) is 171 cm³/mol. The van der Waals surface area contributed by atoms with Crippen molar-refractivity contribution in [2.45, 2.75) is 154 Å². The van der Waals surface area contributed by atoms with E-state index in [1.54, 1.807) is 6.92 Å². The van der Waals surface area contributed by atoms with E-state index in [4.69, 9.17) is 19.5 Å². The smallest absolute Gasteiger partial charge is 0.425 e. The van der Waals surface area contributed by atoms with Gasteiger partial charge in [0.15, 0.2) is 0 Å². The molecule has 1 aromatic heterocycles. The normalized spacial score (nSPS) is 18.2. The van der Waals surface area contributed by atoms with Crippen LogP contribution in [-0.4, -0.2) is 40.6 Å². The molecule has 1 unspecified atom stereocenters. The molecule has 0 bridgehead atoms. The van der Waals surface area contributed by atoms with E-state index in [1.807, 2.05) is 0 Å². The molecule has 1 N–H and O–H groups in total. The number of unbranched alkanes of at least 4 members (excludes halogenated alkanes) is 17. The highest BCUT2D eigenvalue weighted by molar-refractivity contribution is 7.58. The third kappa shape index (κ3) is 15.0. The summed E-state index contributed by atoms with van der Waals surface area (Å²) in [6, 6.07) is -0.719. The van der Waals surface area contributed by atoms with Crippen LogP contribution in [0.1, 0.15) is 141 Å². The number of rotatable bonds is 25. The molecule has 1 fully saturated rings. The van der Waals surface area contributed by atoms with Crippen LogP contribution in [0.3, 0.4) is 0 Å². The SMILES string of the molecule is CCCCCCCCCCCCCCCCCCCCOC(=O)[P+](=O)OC[C@H]1O[C@@H](n2cc(C)c(=O)[nH]c2=O)C[C@@H]1N=[N+]=[N-]. The topological polar surface area (TPSA) is 165 Å². The van der Waals surface area contributed by atoms with Gasteiger partial charge in [0.05, 0.1) is 18.8 Å². The number of H-pyrrole nitrogens is 1. The van der Waals surface area contributed by atoms with Crippen molar-refractivity contribution >= 4 is 13.7 Å². The fraction of sp³-hybridized carbons (Fsp3) is 0.839. The summed E-state index contributed by atoms with van der Waals surface area (Å²) in [6.07, 6.45) is 22.7. The molecule has 0 aromatic carbocycles. The first-order chi connectivity index (χ1) is 21.4. The summed E-state index contributed by atoms with van der Waals surface area (Å²) < 4.78 is 29.6. The minimum absolute atomic E-state index is 0.143. The predicted octanol–water partition coefficient (Wildman–Crippen LogP) is 8.75. The number of hydrogen-bond acceptors (Lipinski definition) is 8. The molecule has 4 atom stereocenters. The fourth-order valence-electron chi connectivity index (χ4n) is 5.43. The number of aryl methyl sites for hydroxylation is 1. The Labute approximate surface area is 262 Å². The largest absolute Gasteiger partial charge is 0.636 e. The Balaban J connectivity index is 1.48. The van der Waals surface area contributed by atoms with E-state index in [0.717, 1.165) is 12.8 Å². The maximum absolute atomic E-state index is 12.3. The van der Waals surface area contributed by atoms with Gasteiger partial charge in [0.2, 0.25) is 0 Å². The first-order valence-electron chi connectivity index (χ1n) is 16.7. The van der Waals surface area contributed by atoms with Crippen molar-refractivity contribution < 1.29 is 23.4 Å². The molecule has 0 saturated carbocycles. The zero-order chi connectivity index (χ0) is 32.0. The highest BCUT2D eigenvalue weighted by Gasteiger charge is 2.41. The Bertz CT molecular complexity index is 1150. The summed E-state index contributed by atoms with van der Waals surface area (Å²) in [6.45, 7) is 3.70. The zero-order valence-corrected chi connectivity index (χ0v) is 27.6. The Kier molecular flexibility index (Phi) is 19.6. The molecule has 44 heavy (non-hydrogen) atoms. The molecule has 0 aliphatic carbocycles. The van der Waals surface area contributed by atoms with E-state index in [-0.39, 0.29) is 19.6 Å². The number of aromatic nitrogens is 2. The Morgan fingerprint density at radius 3 is 2.02 bits per heavy atom. The number of azide groups is 1. The first kappa shape index (κ1) is 37.7. The molecule has 2 heterocycles. The Hall–Kier alpha value is -2.52. The van der Waals surface area contributed by atoms with E-state index in [9.17, 15) is 18.9 Å². The van der Waals surface area contributed by atoms with Crippen molar-refractivity contribution in [3.8, 4) is 0 Å². The van der Waals surface area contributed by atoms with Gasteiger partial charge in [-0.1, -0.05) is 121 Å². The van der Waals surface area contributed by atoms with Crippen LogP contribution in [0.4, 0.5) is 4.79 Å². The van der Waals surface area contributed by atoms with Crippen LogP contribution in [0, 0.1) is 6.92 Å². The van der Waals surface area contributed by atoms with Crippen molar-refractivity contribution in [3.05, 3.63) is 43.0 Å². The van der Waals surface area contributed by atoms with E-state index in [0.29, 0.717) is 12.0 Å². The molecule has 0 spiro atoms. The van der Waals surface area contributed by atoms with E-state index < -0.39 is 43.4 Å². The summed E-state index contributed by atoms with van der Waals surface area (Å²) in [7, 11) is -2.76. The van der Waals surface area contributed by atoms with Crippen molar-refractivity contribution in [1.29, 1.82) is 0 Å². The van der Waals surface area contributed by atoms with Crippen molar-refractivity contribution in [3.63, 3.8) is 0 Å². The van der Waals surface area contributed by atoms with Gasteiger partial charge in [-0.3, -0.25) is 14.3 Å². The van der Waals surface area contributed by atoms with Gasteiger partial charge in [-0.25, -0.2) is 4.79 Å². The molecule has 12 nitrogen and oxygen atoms in total. The second kappa shape index (κ2) is 22.9. The van der Waals surface area contributed by atoms with Crippen LogP contribution < -0.4 is 11.2 Å². The average Bonchev–Trinajstić information content (AvgIpc) is 3.41. The quantitative estimate of drug-likeness (QED) is 0.0367. The van der Waals surface area contributed by atoms with Gasteiger partial charge in [-0.05, 0) is 23.4 Å². The standard InChI is InChI=1S/C31H52N5O7P/c1-3-4-5-6-7-8-9-10-11-12-13-14-15-16-17-18-19-20-21-41-31(39)44(40)42-24-27-26(34-35-32)22-28(43-27)36-23-25(2)29(37)33-30(36)38/h23,26-28H,3-22,24H2,1-2H3/p+1/t26-,27+,28+/m0/s1.